The van der Waals surface area contributed by atoms with Gasteiger partial charge in [0.25, 0.3) is 15.9 Å². The molecule has 3 rings (SSSR count). The monoisotopic (exact) mass is 416 g/mol. The number of carbonyl (C=O) groups is 1. The quantitative estimate of drug-likeness (QED) is 0.765. The number of para-hydroxylation sites is 2. The number of aryl methyl sites for hydroxylation is 1. The largest absolute Gasteiger partial charge is 0.495 e. The summed E-state index contributed by atoms with van der Waals surface area (Å²) in [5, 5.41) is 0. The molecule has 2 aromatic carbocycles. The third-order valence-electron chi connectivity index (χ3n) is 5.52. The van der Waals surface area contributed by atoms with Gasteiger partial charge in [0.05, 0.1) is 17.7 Å². The van der Waals surface area contributed by atoms with Gasteiger partial charge >= 0.3 is 0 Å². The van der Waals surface area contributed by atoms with Crippen LogP contribution in [0.5, 0.6) is 5.75 Å². The van der Waals surface area contributed by atoms with E-state index in [1.807, 2.05) is 0 Å². The zero-order valence-corrected chi connectivity index (χ0v) is 18.0. The highest BCUT2D eigenvalue weighted by Gasteiger charge is 2.25. The molecule has 0 unspecified atom stereocenters. The normalized spacial score (nSPS) is 15.0. The first-order valence-corrected chi connectivity index (χ1v) is 11.4. The molecular weight excluding hydrogens is 388 g/mol. The van der Waals surface area contributed by atoms with Crippen molar-refractivity contribution < 1.29 is 17.9 Å². The van der Waals surface area contributed by atoms with Crippen LogP contribution in [0.25, 0.3) is 0 Å². The molecule has 156 valence electrons. The zero-order chi connectivity index (χ0) is 21.0. The van der Waals surface area contributed by atoms with Gasteiger partial charge in [-0.25, -0.2) is 8.42 Å². The second kappa shape index (κ2) is 8.86. The lowest BCUT2D eigenvalue weighted by Gasteiger charge is -2.31. The Labute approximate surface area is 172 Å². The van der Waals surface area contributed by atoms with Crippen molar-refractivity contribution in [1.82, 2.24) is 4.90 Å². The van der Waals surface area contributed by atoms with E-state index in [4.69, 9.17) is 4.74 Å². The lowest BCUT2D eigenvalue weighted by molar-refractivity contribution is 0.0696. The van der Waals surface area contributed by atoms with Gasteiger partial charge in [-0.3, -0.25) is 9.52 Å². The molecule has 6 nitrogen and oxygen atoms in total. The van der Waals surface area contributed by atoms with E-state index in [9.17, 15) is 13.2 Å². The van der Waals surface area contributed by atoms with Gasteiger partial charge in [-0.05, 0) is 49.6 Å². The van der Waals surface area contributed by atoms with Crippen LogP contribution in [-0.2, 0) is 10.0 Å². The van der Waals surface area contributed by atoms with E-state index in [2.05, 4.69) is 4.72 Å². The summed E-state index contributed by atoms with van der Waals surface area (Å²) >= 11 is 0. The Balaban J connectivity index is 1.88. The second-order valence-electron chi connectivity index (χ2n) is 7.49. The average molecular weight is 417 g/mol. The molecule has 1 saturated carbocycles. The standard InChI is InChI=1S/C22H28N2O4S/c1-16-13-14-17(22(25)24(2)18-9-5-4-6-10-18)15-21(16)29(26,27)23-19-11-7-8-12-20(19)28-3/h7-8,11-15,18,23H,4-6,9-10H2,1-3H3. The summed E-state index contributed by atoms with van der Waals surface area (Å²) in [6, 6.07) is 11.9. The number of rotatable bonds is 6. The zero-order valence-electron chi connectivity index (χ0n) is 17.1. The maximum atomic E-state index is 13.0. The highest BCUT2D eigenvalue weighted by atomic mass is 32.2. The molecule has 1 fully saturated rings. The van der Waals surface area contributed by atoms with Gasteiger partial charge < -0.3 is 9.64 Å². The molecule has 1 amide bonds. The number of carbonyl (C=O) groups excluding carboxylic acids is 1. The number of benzene rings is 2. The van der Waals surface area contributed by atoms with Crippen molar-refractivity contribution in [2.24, 2.45) is 0 Å². The molecule has 0 aromatic heterocycles. The van der Waals surface area contributed by atoms with E-state index in [-0.39, 0.29) is 16.8 Å². The third kappa shape index (κ3) is 4.72. The van der Waals surface area contributed by atoms with Crippen molar-refractivity contribution in [1.29, 1.82) is 0 Å². The van der Waals surface area contributed by atoms with Gasteiger partial charge in [0, 0.05) is 18.7 Å². The summed E-state index contributed by atoms with van der Waals surface area (Å²) in [5.41, 5.74) is 1.30. The summed E-state index contributed by atoms with van der Waals surface area (Å²) in [6.45, 7) is 1.72. The number of sulfonamides is 1. The van der Waals surface area contributed by atoms with Gasteiger partial charge in [-0.15, -0.1) is 0 Å². The van der Waals surface area contributed by atoms with E-state index < -0.39 is 10.0 Å². The van der Waals surface area contributed by atoms with E-state index in [1.54, 1.807) is 55.3 Å². The molecule has 7 heteroatoms. The summed E-state index contributed by atoms with van der Waals surface area (Å²) in [4.78, 5) is 14.8. The first-order chi connectivity index (χ1) is 13.8. The van der Waals surface area contributed by atoms with Crippen LogP contribution >= 0.6 is 0 Å². The lowest BCUT2D eigenvalue weighted by atomic mass is 9.94. The summed E-state index contributed by atoms with van der Waals surface area (Å²) < 4.78 is 33.9. The fraction of sp³-hybridized carbons (Fsp3) is 0.409. The Morgan fingerprint density at radius 1 is 1.10 bits per heavy atom. The van der Waals surface area contributed by atoms with Gasteiger partial charge in [0.15, 0.2) is 0 Å². The van der Waals surface area contributed by atoms with Crippen LogP contribution in [0.4, 0.5) is 5.69 Å². The SMILES string of the molecule is COc1ccccc1NS(=O)(=O)c1cc(C(=O)N(C)C2CCCCC2)ccc1C. The third-order valence-corrected chi connectivity index (χ3v) is 7.03. The molecule has 0 spiro atoms. The first-order valence-electron chi connectivity index (χ1n) is 9.87. The van der Waals surface area contributed by atoms with E-state index in [1.165, 1.54) is 19.6 Å². The smallest absolute Gasteiger partial charge is 0.262 e. The van der Waals surface area contributed by atoms with E-state index in [0.29, 0.717) is 22.6 Å². The number of hydrogen-bond donors (Lipinski definition) is 1. The van der Waals surface area contributed by atoms with Crippen molar-refractivity contribution in [3.63, 3.8) is 0 Å². The molecular formula is C22H28N2O4S. The molecule has 29 heavy (non-hydrogen) atoms. The summed E-state index contributed by atoms with van der Waals surface area (Å²) in [5.74, 6) is 0.281. The van der Waals surface area contributed by atoms with Crippen molar-refractivity contribution in [2.45, 2.75) is 50.0 Å². The molecule has 1 N–H and O–H groups in total. The number of nitrogens with one attached hydrogen (secondary N) is 1. The summed E-state index contributed by atoms with van der Waals surface area (Å²) in [7, 11) is -0.594. The fourth-order valence-corrected chi connectivity index (χ4v) is 5.13. The topological polar surface area (TPSA) is 75.7 Å². The van der Waals surface area contributed by atoms with E-state index >= 15 is 0 Å². The van der Waals surface area contributed by atoms with Crippen LogP contribution in [0.2, 0.25) is 0 Å². The van der Waals surface area contributed by atoms with Crippen molar-refractivity contribution >= 4 is 21.6 Å². The molecule has 0 heterocycles. The molecule has 1 aliphatic carbocycles. The van der Waals surface area contributed by atoms with Gasteiger partial charge in [0.2, 0.25) is 0 Å². The Morgan fingerprint density at radius 2 is 1.79 bits per heavy atom. The molecule has 1 aliphatic rings. The average Bonchev–Trinajstić information content (AvgIpc) is 2.73. The lowest BCUT2D eigenvalue weighted by Crippen LogP contribution is -2.38. The molecule has 0 radical (unpaired) electrons. The predicted octanol–water partition coefficient (Wildman–Crippen LogP) is 4.21. The predicted molar refractivity (Wildman–Crippen MR) is 114 cm³/mol. The maximum Gasteiger partial charge on any atom is 0.262 e. The Bertz CT molecular complexity index is 982. The Hall–Kier alpha value is -2.54. The van der Waals surface area contributed by atoms with Gasteiger partial charge in [0.1, 0.15) is 5.75 Å². The number of hydrogen-bond acceptors (Lipinski definition) is 4. The molecule has 0 atom stereocenters. The minimum atomic E-state index is -3.88. The van der Waals surface area contributed by atoms with Crippen LogP contribution in [0.15, 0.2) is 47.4 Å². The number of anilines is 1. The molecule has 0 aliphatic heterocycles. The maximum absolute atomic E-state index is 13.0. The first kappa shape index (κ1) is 21.2. The Kier molecular flexibility index (Phi) is 6.47. The number of methoxy groups -OCH3 is 1. The van der Waals surface area contributed by atoms with Crippen molar-refractivity contribution in [3.8, 4) is 5.75 Å². The van der Waals surface area contributed by atoms with Gasteiger partial charge in [-0.1, -0.05) is 37.5 Å². The Morgan fingerprint density at radius 3 is 2.48 bits per heavy atom. The fourth-order valence-electron chi connectivity index (χ4n) is 3.79. The summed E-state index contributed by atoms with van der Waals surface area (Å²) in [6.07, 6.45) is 5.45. The second-order valence-corrected chi connectivity index (χ2v) is 9.14. The number of ether oxygens (including phenoxy) is 1. The number of nitrogens with zero attached hydrogens (tertiary/aromatic N) is 1. The van der Waals surface area contributed by atoms with Crippen LogP contribution in [-0.4, -0.2) is 39.4 Å². The number of amides is 1. The van der Waals surface area contributed by atoms with Crippen LogP contribution in [0.3, 0.4) is 0 Å². The minimum absolute atomic E-state index is 0.0892. The molecule has 0 saturated heterocycles. The van der Waals surface area contributed by atoms with Crippen LogP contribution in [0, 0.1) is 6.92 Å². The van der Waals surface area contributed by atoms with Crippen LogP contribution in [0.1, 0.15) is 48.0 Å². The molecule has 2 aromatic rings. The molecule has 0 bridgehead atoms. The minimum Gasteiger partial charge on any atom is -0.495 e. The van der Waals surface area contributed by atoms with Crippen LogP contribution < -0.4 is 9.46 Å². The van der Waals surface area contributed by atoms with Crippen molar-refractivity contribution in [3.05, 3.63) is 53.6 Å². The van der Waals surface area contributed by atoms with E-state index in [0.717, 1.165) is 25.7 Å². The van der Waals surface area contributed by atoms with Gasteiger partial charge in [-0.2, -0.15) is 0 Å². The van der Waals surface area contributed by atoms with Crippen molar-refractivity contribution in [2.75, 3.05) is 18.9 Å². The highest BCUT2D eigenvalue weighted by Crippen LogP contribution is 2.28. The highest BCUT2D eigenvalue weighted by molar-refractivity contribution is 7.92.